The molecule has 0 aromatic carbocycles. The van der Waals surface area contributed by atoms with Crippen molar-refractivity contribution in [2.24, 2.45) is 17.8 Å². The highest BCUT2D eigenvalue weighted by Crippen LogP contribution is 2.40. The number of amides is 1. The first-order chi connectivity index (χ1) is 9.00. The van der Waals surface area contributed by atoms with Crippen LogP contribution < -0.4 is 5.32 Å². The Morgan fingerprint density at radius 2 is 2.16 bits per heavy atom. The van der Waals surface area contributed by atoms with E-state index in [1.807, 2.05) is 6.92 Å². The number of carbonyl (C=O) groups is 2. The topological polar surface area (TPSA) is 46.2 Å². The van der Waals surface area contributed by atoms with Crippen LogP contribution in [0, 0.1) is 17.8 Å². The summed E-state index contributed by atoms with van der Waals surface area (Å²) in [5, 5.41) is 2.98. The lowest BCUT2D eigenvalue weighted by Crippen LogP contribution is -2.38. The van der Waals surface area contributed by atoms with Gasteiger partial charge in [-0.2, -0.15) is 0 Å². The highest BCUT2D eigenvalue weighted by molar-refractivity contribution is 5.95. The Labute approximate surface area is 115 Å². The fourth-order valence-corrected chi connectivity index (χ4v) is 3.36. The van der Waals surface area contributed by atoms with E-state index in [1.165, 1.54) is 12.0 Å². The minimum Gasteiger partial charge on any atom is -0.352 e. The zero-order chi connectivity index (χ0) is 14.0. The van der Waals surface area contributed by atoms with Gasteiger partial charge in [0.15, 0.2) is 0 Å². The number of hydrogen-bond acceptors (Lipinski definition) is 2. The highest BCUT2D eigenvalue weighted by Gasteiger charge is 2.34. The summed E-state index contributed by atoms with van der Waals surface area (Å²) >= 11 is 0. The van der Waals surface area contributed by atoms with E-state index in [0.29, 0.717) is 11.8 Å². The molecule has 1 aliphatic heterocycles. The molecule has 2 rings (SSSR count). The van der Waals surface area contributed by atoms with Crippen molar-refractivity contribution in [3.05, 3.63) is 11.1 Å². The number of carbonyl (C=O) groups excluding carboxylic acids is 2. The van der Waals surface area contributed by atoms with Gasteiger partial charge in [-0.1, -0.05) is 19.4 Å². The summed E-state index contributed by atoms with van der Waals surface area (Å²) in [5.41, 5.74) is 2.43. The maximum Gasteiger partial charge on any atom is 0.247 e. The predicted molar refractivity (Wildman–Crippen MR) is 75.6 cm³/mol. The van der Waals surface area contributed by atoms with Crippen LogP contribution in [0.3, 0.4) is 0 Å². The number of Topliss-reactive ketones (excluding diaryl/α,β-unsaturated/α-hetero) is 1. The lowest BCUT2D eigenvalue weighted by molar-refractivity contribution is -0.120. The van der Waals surface area contributed by atoms with E-state index in [0.717, 1.165) is 37.8 Å². The van der Waals surface area contributed by atoms with Gasteiger partial charge < -0.3 is 5.32 Å². The van der Waals surface area contributed by atoms with Crippen molar-refractivity contribution in [2.75, 3.05) is 6.54 Å². The second-order valence-electron chi connectivity index (χ2n) is 6.23. The average Bonchev–Trinajstić information content (AvgIpc) is 2.37. The largest absolute Gasteiger partial charge is 0.352 e. The smallest absolute Gasteiger partial charge is 0.247 e. The Bertz CT molecular complexity index is 411. The molecule has 1 N–H and O–H groups in total. The van der Waals surface area contributed by atoms with Crippen LogP contribution in [0.4, 0.5) is 0 Å². The van der Waals surface area contributed by atoms with Crippen molar-refractivity contribution in [3.8, 4) is 0 Å². The first-order valence-corrected chi connectivity index (χ1v) is 7.51. The minimum absolute atomic E-state index is 0.116. The molecule has 0 saturated heterocycles. The van der Waals surface area contributed by atoms with E-state index in [1.54, 1.807) is 6.92 Å². The van der Waals surface area contributed by atoms with Crippen LogP contribution in [0.15, 0.2) is 11.1 Å². The summed E-state index contributed by atoms with van der Waals surface area (Å²) in [7, 11) is 0. The second kappa shape index (κ2) is 5.89. The van der Waals surface area contributed by atoms with Gasteiger partial charge in [0, 0.05) is 18.0 Å². The van der Waals surface area contributed by atoms with Gasteiger partial charge in [0.1, 0.15) is 5.78 Å². The van der Waals surface area contributed by atoms with E-state index >= 15 is 0 Å². The lowest BCUT2D eigenvalue weighted by atomic mass is 9.71. The van der Waals surface area contributed by atoms with Crippen LogP contribution >= 0.6 is 0 Å². The SMILES string of the molecule is CC(=O)C(C)CCC1C2=C(CCNC2=O)CCC1C. The normalized spacial score (nSPS) is 28.7. The molecule has 1 amide bonds. The van der Waals surface area contributed by atoms with Crippen molar-refractivity contribution >= 4 is 11.7 Å². The predicted octanol–water partition coefficient (Wildman–Crippen LogP) is 2.85. The molecule has 0 saturated carbocycles. The van der Waals surface area contributed by atoms with Crippen molar-refractivity contribution in [1.29, 1.82) is 0 Å². The van der Waals surface area contributed by atoms with Crippen LogP contribution in [-0.2, 0) is 9.59 Å². The van der Waals surface area contributed by atoms with Crippen molar-refractivity contribution < 1.29 is 9.59 Å². The summed E-state index contributed by atoms with van der Waals surface area (Å²) in [4.78, 5) is 23.5. The summed E-state index contributed by atoms with van der Waals surface area (Å²) in [5.74, 6) is 1.43. The molecular formula is C16H25NO2. The van der Waals surface area contributed by atoms with Gasteiger partial charge >= 0.3 is 0 Å². The Morgan fingerprint density at radius 3 is 2.84 bits per heavy atom. The van der Waals surface area contributed by atoms with Gasteiger partial charge in [-0.15, -0.1) is 0 Å². The third-order valence-electron chi connectivity index (χ3n) is 4.90. The van der Waals surface area contributed by atoms with Gasteiger partial charge in [-0.3, -0.25) is 9.59 Å². The number of nitrogens with one attached hydrogen (secondary N) is 1. The van der Waals surface area contributed by atoms with Crippen LogP contribution in [0.5, 0.6) is 0 Å². The number of hydrogen-bond donors (Lipinski definition) is 1. The van der Waals surface area contributed by atoms with E-state index in [4.69, 9.17) is 0 Å². The van der Waals surface area contributed by atoms with Gasteiger partial charge in [-0.25, -0.2) is 0 Å². The van der Waals surface area contributed by atoms with Crippen molar-refractivity contribution in [2.45, 2.75) is 52.9 Å². The zero-order valence-corrected chi connectivity index (χ0v) is 12.3. The molecule has 106 valence electrons. The average molecular weight is 263 g/mol. The molecule has 3 atom stereocenters. The molecule has 0 aromatic heterocycles. The lowest BCUT2D eigenvalue weighted by Gasteiger charge is -2.36. The molecule has 1 heterocycles. The molecule has 3 nitrogen and oxygen atoms in total. The third kappa shape index (κ3) is 3.07. The molecule has 3 heteroatoms. The van der Waals surface area contributed by atoms with E-state index in [2.05, 4.69) is 12.2 Å². The summed E-state index contributed by atoms with van der Waals surface area (Å²) in [6.45, 7) is 6.69. The Hall–Kier alpha value is -1.12. The molecular weight excluding hydrogens is 238 g/mol. The van der Waals surface area contributed by atoms with E-state index in [9.17, 15) is 9.59 Å². The molecule has 2 aliphatic rings. The van der Waals surface area contributed by atoms with E-state index < -0.39 is 0 Å². The maximum absolute atomic E-state index is 12.1. The van der Waals surface area contributed by atoms with Gasteiger partial charge in [0.25, 0.3) is 0 Å². The Kier molecular flexibility index (Phi) is 4.43. The van der Waals surface area contributed by atoms with Crippen LogP contribution in [-0.4, -0.2) is 18.2 Å². The summed E-state index contributed by atoms with van der Waals surface area (Å²) in [6, 6.07) is 0. The zero-order valence-electron chi connectivity index (χ0n) is 12.3. The van der Waals surface area contributed by atoms with Crippen LogP contribution in [0.1, 0.15) is 52.9 Å². The summed E-state index contributed by atoms with van der Waals surface area (Å²) in [6.07, 6.45) is 5.16. The Balaban J connectivity index is 2.11. The van der Waals surface area contributed by atoms with Crippen molar-refractivity contribution in [3.63, 3.8) is 0 Å². The monoisotopic (exact) mass is 263 g/mol. The minimum atomic E-state index is 0.116. The molecule has 0 spiro atoms. The molecule has 0 radical (unpaired) electrons. The molecule has 3 unspecified atom stereocenters. The van der Waals surface area contributed by atoms with Gasteiger partial charge in [0.05, 0.1) is 0 Å². The second-order valence-corrected chi connectivity index (χ2v) is 6.23. The number of rotatable bonds is 4. The molecule has 19 heavy (non-hydrogen) atoms. The molecule has 1 aliphatic carbocycles. The molecule has 0 bridgehead atoms. The van der Waals surface area contributed by atoms with Gasteiger partial charge in [0.2, 0.25) is 5.91 Å². The first kappa shape index (κ1) is 14.3. The standard InChI is InChI=1S/C16H25NO2/c1-10(12(3)18)5-7-14-11(2)4-6-13-8-9-17-16(19)15(13)14/h10-11,14H,4-9H2,1-3H3,(H,17,19). The maximum atomic E-state index is 12.1. The van der Waals surface area contributed by atoms with Crippen molar-refractivity contribution in [1.82, 2.24) is 5.32 Å². The highest BCUT2D eigenvalue weighted by atomic mass is 16.1. The van der Waals surface area contributed by atoms with Gasteiger partial charge in [-0.05, 0) is 50.9 Å². The van der Waals surface area contributed by atoms with Crippen LogP contribution in [0.25, 0.3) is 0 Å². The summed E-state index contributed by atoms with van der Waals surface area (Å²) < 4.78 is 0. The van der Waals surface area contributed by atoms with Crippen LogP contribution in [0.2, 0.25) is 0 Å². The quantitative estimate of drug-likeness (QED) is 0.847. The fourth-order valence-electron chi connectivity index (χ4n) is 3.36. The van der Waals surface area contributed by atoms with E-state index in [-0.39, 0.29) is 17.6 Å². The fraction of sp³-hybridized carbons (Fsp3) is 0.750. The first-order valence-electron chi connectivity index (χ1n) is 7.51. The number of ketones is 1. The third-order valence-corrected chi connectivity index (χ3v) is 4.90. The molecule has 0 fully saturated rings. The Morgan fingerprint density at radius 1 is 1.42 bits per heavy atom. The molecule has 0 aromatic rings.